The van der Waals surface area contributed by atoms with E-state index in [2.05, 4.69) is 12.7 Å². The Kier molecular flexibility index (Phi) is 2.36. The second-order valence-corrected chi connectivity index (χ2v) is 0.427. The molecule has 0 atom stereocenters. The highest BCUT2D eigenvalue weighted by Crippen LogP contribution is 1.53. The van der Waals surface area contributed by atoms with Crippen molar-refractivity contribution in [3.05, 3.63) is 18.4 Å². The molecule has 0 aromatic carbocycles. The van der Waals surface area contributed by atoms with Crippen LogP contribution in [0.15, 0.2) is 6.58 Å². The van der Waals surface area contributed by atoms with Gasteiger partial charge in [0.15, 0.2) is 6.08 Å². The molecule has 0 saturated heterocycles. The van der Waals surface area contributed by atoms with E-state index in [4.69, 9.17) is 5.73 Å². The number of hydrogen-bond donors (Lipinski definition) is 0. The van der Waals surface area contributed by atoms with Gasteiger partial charge in [0.2, 0.25) is 0 Å². The van der Waals surface area contributed by atoms with Crippen molar-refractivity contribution in [2.45, 2.75) is 0 Å². The quantitative estimate of drug-likeness (QED) is 0.400. The zero-order valence-electron chi connectivity index (χ0n) is 2.41. The summed E-state index contributed by atoms with van der Waals surface area (Å²) in [5.41, 5.74) is 6.28. The average molecular weight is 55.1 g/mol. The van der Waals surface area contributed by atoms with E-state index < -0.39 is 0 Å². The lowest BCUT2D eigenvalue weighted by molar-refractivity contribution is 1.53. The largest absolute Gasteiger partial charge is 0.628 e. The van der Waals surface area contributed by atoms with Crippen LogP contribution in [0.4, 0.5) is 0 Å². The van der Waals surface area contributed by atoms with Gasteiger partial charge in [-0.1, -0.05) is 0 Å². The lowest BCUT2D eigenvalue weighted by atomic mass is 10.7. The molecular weight excluding hydrogens is 50.0 g/mol. The van der Waals surface area contributed by atoms with Gasteiger partial charge in [0, 0.05) is 0 Å². The number of nitrogens with one attached hydrogen (secondary N) is 1. The molecule has 0 bridgehead atoms. The van der Waals surface area contributed by atoms with Crippen LogP contribution in [0.5, 0.6) is 0 Å². The predicted molar refractivity (Wildman–Crippen MR) is 18.1 cm³/mol. The van der Waals surface area contributed by atoms with E-state index in [1.165, 1.54) is 0 Å². The SMILES string of the molecule is C=[C+]C[NH-]. The summed E-state index contributed by atoms with van der Waals surface area (Å²) >= 11 is 0. The molecule has 0 rings (SSSR count). The van der Waals surface area contributed by atoms with Crippen LogP contribution in [0.2, 0.25) is 0 Å². The van der Waals surface area contributed by atoms with E-state index in [9.17, 15) is 0 Å². The maximum atomic E-state index is 6.28. The third-order valence-electron chi connectivity index (χ3n) is 0.125. The monoisotopic (exact) mass is 55.0 g/mol. The molecule has 0 spiro atoms. The summed E-state index contributed by atoms with van der Waals surface area (Å²) in [6.45, 7) is 3.38. The fraction of sp³-hybridized carbons (Fsp3) is 0.333. The molecule has 0 aliphatic carbocycles. The second-order valence-electron chi connectivity index (χ2n) is 0.427. The van der Waals surface area contributed by atoms with Gasteiger partial charge in [-0.25, -0.2) is 0 Å². The van der Waals surface area contributed by atoms with Gasteiger partial charge in [0.25, 0.3) is 0 Å². The Balaban J connectivity index is 2.30. The maximum Gasteiger partial charge on any atom is 0.191 e. The van der Waals surface area contributed by atoms with Crippen molar-refractivity contribution < 1.29 is 0 Å². The summed E-state index contributed by atoms with van der Waals surface area (Å²) in [6.07, 6.45) is 2.35. The van der Waals surface area contributed by atoms with E-state index in [1.54, 1.807) is 0 Å². The van der Waals surface area contributed by atoms with E-state index in [-0.39, 0.29) is 6.54 Å². The van der Waals surface area contributed by atoms with Crippen molar-refractivity contribution in [3.8, 4) is 0 Å². The summed E-state index contributed by atoms with van der Waals surface area (Å²) in [7, 11) is 0. The highest BCUT2D eigenvalue weighted by molar-refractivity contribution is 4.62. The van der Waals surface area contributed by atoms with Crippen LogP contribution in [-0.4, -0.2) is 6.54 Å². The van der Waals surface area contributed by atoms with Gasteiger partial charge in [-0.05, 0) is 0 Å². The highest BCUT2D eigenvalue weighted by atomic mass is 14.5. The highest BCUT2D eigenvalue weighted by Gasteiger charge is 1.55. The molecule has 0 amide bonds. The molecule has 1 N–H and O–H groups in total. The van der Waals surface area contributed by atoms with Crippen LogP contribution in [0.25, 0.3) is 5.73 Å². The molecule has 0 aromatic rings. The van der Waals surface area contributed by atoms with Crippen LogP contribution < -0.4 is 0 Å². The Hall–Kier alpha value is -0.390. The second kappa shape index (κ2) is 2.61. The van der Waals surface area contributed by atoms with E-state index in [0.29, 0.717) is 0 Å². The van der Waals surface area contributed by atoms with Crippen LogP contribution in [0.3, 0.4) is 0 Å². The molecule has 4 heavy (non-hydrogen) atoms. The molecule has 0 unspecified atom stereocenters. The summed E-state index contributed by atoms with van der Waals surface area (Å²) in [6, 6.07) is 0. The molecule has 0 aliphatic heterocycles. The van der Waals surface area contributed by atoms with Crippen molar-refractivity contribution in [3.63, 3.8) is 0 Å². The van der Waals surface area contributed by atoms with E-state index >= 15 is 0 Å². The zero-order valence-corrected chi connectivity index (χ0v) is 2.41. The molecular formula is C3H5N. The van der Waals surface area contributed by atoms with Crippen molar-refractivity contribution in [2.75, 3.05) is 6.54 Å². The van der Waals surface area contributed by atoms with Gasteiger partial charge >= 0.3 is 0 Å². The van der Waals surface area contributed by atoms with Crippen LogP contribution in [0.1, 0.15) is 0 Å². The van der Waals surface area contributed by atoms with Crippen molar-refractivity contribution in [1.82, 2.24) is 0 Å². The third kappa shape index (κ3) is 1.61. The summed E-state index contributed by atoms with van der Waals surface area (Å²) < 4.78 is 0. The molecule has 0 heterocycles. The molecule has 0 radical (unpaired) electrons. The van der Waals surface area contributed by atoms with E-state index in [1.807, 2.05) is 0 Å². The van der Waals surface area contributed by atoms with Crippen LogP contribution in [-0.2, 0) is 0 Å². The Morgan fingerprint density at radius 1 is 2.00 bits per heavy atom. The molecule has 0 aliphatic rings. The van der Waals surface area contributed by atoms with Crippen LogP contribution >= 0.6 is 0 Å². The van der Waals surface area contributed by atoms with Crippen molar-refractivity contribution in [1.29, 1.82) is 0 Å². The predicted octanol–water partition coefficient (Wildman–Crippen LogP) is 1.03. The van der Waals surface area contributed by atoms with Gasteiger partial charge in [0.1, 0.15) is 6.58 Å². The minimum absolute atomic E-state index is 0.208. The third-order valence-corrected chi connectivity index (χ3v) is 0.125. The van der Waals surface area contributed by atoms with Gasteiger partial charge < -0.3 is 5.73 Å². The molecule has 0 aromatic heterocycles. The molecule has 22 valence electrons. The number of rotatable bonds is 1. The maximum absolute atomic E-state index is 6.28. The Morgan fingerprint density at radius 2 is 2.25 bits per heavy atom. The van der Waals surface area contributed by atoms with Gasteiger partial charge in [-0.15, -0.1) is 0 Å². The molecule has 1 nitrogen and oxygen atoms in total. The summed E-state index contributed by atoms with van der Waals surface area (Å²) in [5.74, 6) is 0. The molecule has 1 heteroatoms. The van der Waals surface area contributed by atoms with E-state index in [0.717, 1.165) is 0 Å². The first kappa shape index (κ1) is 3.61. The van der Waals surface area contributed by atoms with Gasteiger partial charge in [-0.2, -0.15) is 0 Å². The fourth-order valence-electron chi connectivity index (χ4n) is 0. The first-order valence-corrected chi connectivity index (χ1v) is 1.06. The van der Waals surface area contributed by atoms with Gasteiger partial charge in [-0.3, -0.25) is 0 Å². The number of hydrogen-bond acceptors (Lipinski definition) is 0. The lowest BCUT2D eigenvalue weighted by Gasteiger charge is -1.60. The smallest absolute Gasteiger partial charge is 0.191 e. The topological polar surface area (TPSA) is 23.8 Å². The Labute approximate surface area is 26.1 Å². The minimum Gasteiger partial charge on any atom is -0.628 e. The van der Waals surface area contributed by atoms with Crippen molar-refractivity contribution in [2.24, 2.45) is 0 Å². The lowest BCUT2D eigenvalue weighted by Crippen LogP contribution is -1.52. The zero-order chi connectivity index (χ0) is 3.41. The van der Waals surface area contributed by atoms with Crippen molar-refractivity contribution >= 4 is 0 Å². The van der Waals surface area contributed by atoms with Gasteiger partial charge in [0.05, 0.1) is 6.54 Å². The Bertz CT molecular complexity index is 17.2. The average Bonchev–Trinajstić information content (AvgIpc) is 1.37. The first-order valence-electron chi connectivity index (χ1n) is 1.06. The normalized spacial score (nSPS) is 5.25. The Morgan fingerprint density at radius 3 is 2.25 bits per heavy atom. The minimum atomic E-state index is 0.208. The summed E-state index contributed by atoms with van der Waals surface area (Å²) in [5, 5.41) is 0. The molecule has 0 saturated carbocycles. The standard InChI is InChI=1S/C3H5N/c1-2-3-4/h4H,1,3H2. The molecule has 0 fully saturated rings. The van der Waals surface area contributed by atoms with Crippen LogP contribution in [0, 0.1) is 6.08 Å². The first-order chi connectivity index (χ1) is 1.91. The summed E-state index contributed by atoms with van der Waals surface area (Å²) in [4.78, 5) is 0. The fourth-order valence-corrected chi connectivity index (χ4v) is 0.